The van der Waals surface area contributed by atoms with E-state index in [1.807, 2.05) is 40.8 Å². The molecule has 3 aromatic heterocycles. The summed E-state index contributed by atoms with van der Waals surface area (Å²) < 4.78 is 1.89. The molecule has 3 aromatic rings. The van der Waals surface area contributed by atoms with Gasteiger partial charge in [-0.25, -0.2) is 9.97 Å². The summed E-state index contributed by atoms with van der Waals surface area (Å²) in [6.45, 7) is 3.34. The number of imidazole rings is 1. The number of H-pyrrole nitrogens is 1. The zero-order chi connectivity index (χ0) is 17.2. The first-order valence-electron chi connectivity index (χ1n) is 8.47. The highest BCUT2D eigenvalue weighted by molar-refractivity contribution is 5.95. The maximum atomic E-state index is 12.7. The fourth-order valence-corrected chi connectivity index (χ4v) is 3.35. The van der Waals surface area contributed by atoms with E-state index in [9.17, 15) is 4.79 Å². The van der Waals surface area contributed by atoms with E-state index in [2.05, 4.69) is 15.2 Å². The molecule has 0 saturated carbocycles. The average molecular weight is 336 g/mol. The maximum Gasteiger partial charge on any atom is 0.257 e. The number of aromatic amines is 1. The van der Waals surface area contributed by atoms with Gasteiger partial charge in [0.2, 0.25) is 0 Å². The minimum Gasteiger partial charge on any atom is -0.338 e. The Bertz CT molecular complexity index is 869. The molecular weight excluding hydrogens is 316 g/mol. The van der Waals surface area contributed by atoms with Gasteiger partial charge in [-0.3, -0.25) is 14.5 Å². The standard InChI is InChI=1S/C18H20N6O/c1-13-15(10-20-22-13)18(25)23-8-3-4-14(11-23)16-5-2-6-17(21-16)24-9-7-19-12-24/h2,5-7,9-10,12,14H,3-4,8,11H2,1H3,(H,20,22)/t14-/m1/s1. The molecule has 0 aromatic carbocycles. The van der Waals surface area contributed by atoms with Gasteiger partial charge >= 0.3 is 0 Å². The number of hydrogen-bond donors (Lipinski definition) is 1. The second-order valence-corrected chi connectivity index (χ2v) is 6.39. The van der Waals surface area contributed by atoms with Crippen molar-refractivity contribution < 1.29 is 4.79 Å². The number of amides is 1. The van der Waals surface area contributed by atoms with Gasteiger partial charge in [0.1, 0.15) is 12.1 Å². The number of likely N-dealkylation sites (tertiary alicyclic amines) is 1. The van der Waals surface area contributed by atoms with E-state index in [1.54, 1.807) is 18.7 Å². The first kappa shape index (κ1) is 15.6. The van der Waals surface area contributed by atoms with Gasteiger partial charge in [0, 0.05) is 42.8 Å². The van der Waals surface area contributed by atoms with Gasteiger partial charge in [-0.05, 0) is 31.9 Å². The van der Waals surface area contributed by atoms with Crippen molar-refractivity contribution in [2.24, 2.45) is 0 Å². The molecule has 4 heterocycles. The van der Waals surface area contributed by atoms with Gasteiger partial charge < -0.3 is 4.90 Å². The lowest BCUT2D eigenvalue weighted by molar-refractivity contribution is 0.0705. The Balaban J connectivity index is 1.55. The van der Waals surface area contributed by atoms with Crippen LogP contribution in [0.1, 0.15) is 40.5 Å². The van der Waals surface area contributed by atoms with Crippen molar-refractivity contribution in [2.75, 3.05) is 13.1 Å². The summed E-state index contributed by atoms with van der Waals surface area (Å²) in [5.41, 5.74) is 2.49. The zero-order valence-electron chi connectivity index (χ0n) is 14.1. The van der Waals surface area contributed by atoms with Crippen LogP contribution >= 0.6 is 0 Å². The van der Waals surface area contributed by atoms with E-state index in [4.69, 9.17) is 4.98 Å². The van der Waals surface area contributed by atoms with Crippen molar-refractivity contribution >= 4 is 5.91 Å². The lowest BCUT2D eigenvalue weighted by atomic mass is 9.94. The predicted molar refractivity (Wildman–Crippen MR) is 92.6 cm³/mol. The van der Waals surface area contributed by atoms with Crippen LogP contribution in [0.5, 0.6) is 0 Å². The molecule has 1 aliphatic heterocycles. The number of hydrogen-bond acceptors (Lipinski definition) is 4. The van der Waals surface area contributed by atoms with Crippen LogP contribution in [-0.4, -0.2) is 48.6 Å². The SMILES string of the molecule is Cc1[nH]ncc1C(=O)N1CCC[C@@H](c2cccc(-n3ccnc3)n2)C1. The Labute approximate surface area is 145 Å². The number of aryl methyl sites for hydroxylation is 1. The van der Waals surface area contributed by atoms with Gasteiger partial charge in [-0.1, -0.05) is 6.07 Å². The molecule has 0 radical (unpaired) electrons. The Morgan fingerprint density at radius 1 is 1.36 bits per heavy atom. The van der Waals surface area contributed by atoms with Crippen molar-refractivity contribution in [3.8, 4) is 5.82 Å². The molecule has 1 aliphatic rings. The van der Waals surface area contributed by atoms with E-state index in [0.29, 0.717) is 12.1 Å². The van der Waals surface area contributed by atoms with E-state index in [-0.39, 0.29) is 11.8 Å². The van der Waals surface area contributed by atoms with Crippen LogP contribution in [0.4, 0.5) is 0 Å². The summed E-state index contributed by atoms with van der Waals surface area (Å²) in [5.74, 6) is 1.14. The second kappa shape index (κ2) is 6.51. The summed E-state index contributed by atoms with van der Waals surface area (Å²) in [7, 11) is 0. The Hall–Kier alpha value is -2.96. The van der Waals surface area contributed by atoms with Crippen molar-refractivity contribution in [1.82, 2.24) is 29.6 Å². The fraction of sp³-hybridized carbons (Fsp3) is 0.333. The summed E-state index contributed by atoms with van der Waals surface area (Å²) in [6, 6.07) is 6.02. The molecule has 7 nitrogen and oxygen atoms in total. The lowest BCUT2D eigenvalue weighted by Gasteiger charge is -2.32. The molecule has 25 heavy (non-hydrogen) atoms. The van der Waals surface area contributed by atoms with Crippen molar-refractivity contribution in [2.45, 2.75) is 25.7 Å². The average Bonchev–Trinajstić information content (AvgIpc) is 3.33. The largest absolute Gasteiger partial charge is 0.338 e. The van der Waals surface area contributed by atoms with Gasteiger partial charge in [0.05, 0.1) is 11.8 Å². The third kappa shape index (κ3) is 3.05. The summed E-state index contributed by atoms with van der Waals surface area (Å²) in [5, 5.41) is 6.80. The van der Waals surface area contributed by atoms with Crippen LogP contribution in [0.2, 0.25) is 0 Å². The second-order valence-electron chi connectivity index (χ2n) is 6.39. The van der Waals surface area contributed by atoms with E-state index in [0.717, 1.165) is 36.6 Å². The molecule has 0 spiro atoms. The summed E-state index contributed by atoms with van der Waals surface area (Å²) >= 11 is 0. The van der Waals surface area contributed by atoms with Crippen molar-refractivity contribution in [3.05, 3.63) is 60.1 Å². The van der Waals surface area contributed by atoms with Crippen LogP contribution in [0.25, 0.3) is 5.82 Å². The number of carbonyl (C=O) groups excluding carboxylic acids is 1. The topological polar surface area (TPSA) is 79.7 Å². The fourth-order valence-electron chi connectivity index (χ4n) is 3.35. The van der Waals surface area contributed by atoms with Crippen LogP contribution in [-0.2, 0) is 0 Å². The summed E-state index contributed by atoms with van der Waals surface area (Å²) in [6.07, 6.45) is 8.98. The number of nitrogens with zero attached hydrogens (tertiary/aromatic N) is 5. The maximum absolute atomic E-state index is 12.7. The number of nitrogens with one attached hydrogen (secondary N) is 1. The molecule has 0 aliphatic carbocycles. The number of piperidine rings is 1. The molecule has 4 rings (SSSR count). The Kier molecular flexibility index (Phi) is 4.05. The van der Waals surface area contributed by atoms with Crippen molar-refractivity contribution in [3.63, 3.8) is 0 Å². The molecule has 0 bridgehead atoms. The van der Waals surface area contributed by atoms with Crippen LogP contribution < -0.4 is 0 Å². The third-order valence-corrected chi connectivity index (χ3v) is 4.71. The normalized spacial score (nSPS) is 17.6. The van der Waals surface area contributed by atoms with E-state index in [1.165, 1.54) is 0 Å². The van der Waals surface area contributed by atoms with Gasteiger partial charge in [-0.2, -0.15) is 5.10 Å². The van der Waals surface area contributed by atoms with Gasteiger partial charge in [0.15, 0.2) is 0 Å². The van der Waals surface area contributed by atoms with Gasteiger partial charge in [0.25, 0.3) is 5.91 Å². The molecule has 1 fully saturated rings. The van der Waals surface area contributed by atoms with E-state index < -0.39 is 0 Å². The molecule has 1 N–H and O–H groups in total. The quantitative estimate of drug-likeness (QED) is 0.796. The van der Waals surface area contributed by atoms with Crippen molar-refractivity contribution in [1.29, 1.82) is 0 Å². The molecule has 7 heteroatoms. The first-order chi connectivity index (χ1) is 12.2. The van der Waals surface area contributed by atoms with Crippen LogP contribution in [0.3, 0.4) is 0 Å². The lowest BCUT2D eigenvalue weighted by Crippen LogP contribution is -2.39. The number of pyridine rings is 1. The zero-order valence-corrected chi connectivity index (χ0v) is 14.1. The highest BCUT2D eigenvalue weighted by Crippen LogP contribution is 2.27. The molecular formula is C18H20N6O. The first-order valence-corrected chi connectivity index (χ1v) is 8.47. The van der Waals surface area contributed by atoms with Crippen LogP contribution in [0.15, 0.2) is 43.1 Å². The molecule has 1 saturated heterocycles. The molecule has 0 unspecified atom stereocenters. The summed E-state index contributed by atoms with van der Waals surface area (Å²) in [4.78, 5) is 23.5. The predicted octanol–water partition coefficient (Wildman–Crippen LogP) is 2.32. The Morgan fingerprint density at radius 2 is 2.28 bits per heavy atom. The Morgan fingerprint density at radius 3 is 3.04 bits per heavy atom. The molecule has 128 valence electrons. The number of aromatic nitrogens is 5. The third-order valence-electron chi connectivity index (χ3n) is 4.71. The number of carbonyl (C=O) groups is 1. The van der Waals surface area contributed by atoms with Crippen LogP contribution in [0, 0.1) is 6.92 Å². The van der Waals surface area contributed by atoms with Gasteiger partial charge in [-0.15, -0.1) is 0 Å². The smallest absolute Gasteiger partial charge is 0.257 e. The monoisotopic (exact) mass is 336 g/mol. The highest BCUT2D eigenvalue weighted by atomic mass is 16.2. The molecule has 1 amide bonds. The minimum atomic E-state index is 0.0433. The highest BCUT2D eigenvalue weighted by Gasteiger charge is 2.27. The van der Waals surface area contributed by atoms with E-state index >= 15 is 0 Å². The number of rotatable bonds is 3. The molecule has 1 atom stereocenters. The minimum absolute atomic E-state index is 0.0433.